The Morgan fingerprint density at radius 2 is 1.69 bits per heavy atom. The van der Waals surface area contributed by atoms with Gasteiger partial charge in [-0.1, -0.05) is 48.5 Å². The molecule has 1 aliphatic rings. The highest BCUT2D eigenvalue weighted by molar-refractivity contribution is 5.93. The number of carbonyl (C=O) groups excluding carboxylic acids is 4. The van der Waals surface area contributed by atoms with Crippen LogP contribution in [0.2, 0.25) is 0 Å². The number of aryl methyl sites for hydroxylation is 2. The molecule has 2 aromatic rings. The highest BCUT2D eigenvalue weighted by Gasteiger charge is 2.44. The number of hydrogen-bond acceptors (Lipinski definition) is 5. The van der Waals surface area contributed by atoms with Gasteiger partial charge in [0.1, 0.15) is 17.7 Å². The molecule has 39 heavy (non-hydrogen) atoms. The molecule has 9 nitrogen and oxygen atoms in total. The van der Waals surface area contributed by atoms with E-state index in [-0.39, 0.29) is 24.8 Å². The highest BCUT2D eigenvalue weighted by atomic mass is 16.6. The summed E-state index contributed by atoms with van der Waals surface area (Å²) in [6.07, 6.45) is 0.556. The second-order valence-electron chi connectivity index (χ2n) is 11.1. The average molecular weight is 537 g/mol. The van der Waals surface area contributed by atoms with E-state index in [0.29, 0.717) is 12.1 Å². The summed E-state index contributed by atoms with van der Waals surface area (Å²) >= 11 is 0. The predicted octanol–water partition coefficient (Wildman–Crippen LogP) is 3.81. The monoisotopic (exact) mass is 536 g/mol. The third-order valence-electron chi connectivity index (χ3n) is 6.55. The van der Waals surface area contributed by atoms with E-state index in [0.717, 1.165) is 29.5 Å². The molecule has 0 aromatic heterocycles. The van der Waals surface area contributed by atoms with E-state index in [9.17, 15) is 19.2 Å². The molecule has 210 valence electrons. The zero-order valence-corrected chi connectivity index (χ0v) is 23.5. The smallest absolute Gasteiger partial charge is 0.408 e. The molecule has 4 amide bonds. The number of hydrogen-bond donors (Lipinski definition) is 3. The summed E-state index contributed by atoms with van der Waals surface area (Å²) < 4.78 is 5.37. The normalized spacial score (nSPS) is 14.6. The first-order chi connectivity index (χ1) is 18.4. The Labute approximate surface area is 230 Å². The third kappa shape index (κ3) is 8.84. The van der Waals surface area contributed by atoms with Gasteiger partial charge in [0.15, 0.2) is 0 Å². The number of nitrogens with two attached hydrogens (primary N) is 1. The number of primary amides is 1. The number of nitrogens with one attached hydrogen (secondary N) is 2. The minimum atomic E-state index is -1.09. The van der Waals surface area contributed by atoms with Crippen molar-refractivity contribution in [2.24, 2.45) is 5.73 Å². The molecule has 2 aromatic carbocycles. The van der Waals surface area contributed by atoms with Gasteiger partial charge in [-0.25, -0.2) is 4.79 Å². The third-order valence-corrected chi connectivity index (χ3v) is 6.55. The molecule has 3 rings (SSSR count). The Kier molecular flexibility index (Phi) is 9.72. The largest absolute Gasteiger partial charge is 0.444 e. The summed E-state index contributed by atoms with van der Waals surface area (Å²) in [5, 5.41) is 5.62. The van der Waals surface area contributed by atoms with Gasteiger partial charge in [-0.2, -0.15) is 0 Å². The number of amides is 4. The Bertz CT molecular complexity index is 1190. The number of carbonyl (C=O) groups is 4. The van der Waals surface area contributed by atoms with Crippen LogP contribution in [-0.2, 0) is 25.7 Å². The molecule has 0 heterocycles. The average Bonchev–Trinajstić information content (AvgIpc) is 3.69. The van der Waals surface area contributed by atoms with Crippen molar-refractivity contribution in [3.8, 4) is 0 Å². The molecule has 1 aliphatic carbocycles. The first kappa shape index (κ1) is 29.7. The van der Waals surface area contributed by atoms with E-state index in [1.165, 1.54) is 0 Å². The topological polar surface area (TPSA) is 131 Å². The minimum absolute atomic E-state index is 0.0120. The Hall–Kier alpha value is -3.88. The van der Waals surface area contributed by atoms with Crippen LogP contribution in [0, 0.1) is 13.8 Å². The number of rotatable bonds is 11. The van der Waals surface area contributed by atoms with Gasteiger partial charge in [0, 0.05) is 19.0 Å². The van der Waals surface area contributed by atoms with Crippen molar-refractivity contribution in [2.45, 2.75) is 90.6 Å². The van der Waals surface area contributed by atoms with Crippen LogP contribution in [0.5, 0.6) is 0 Å². The van der Waals surface area contributed by atoms with E-state index in [4.69, 9.17) is 10.5 Å². The molecular weight excluding hydrogens is 496 g/mol. The molecule has 1 saturated carbocycles. The van der Waals surface area contributed by atoms with E-state index < -0.39 is 35.6 Å². The number of nitrogens with zero attached hydrogens (tertiary/aromatic N) is 1. The number of benzene rings is 2. The summed E-state index contributed by atoms with van der Waals surface area (Å²) in [6, 6.07) is 13.0. The van der Waals surface area contributed by atoms with Crippen LogP contribution in [0.25, 0.3) is 0 Å². The van der Waals surface area contributed by atoms with Crippen molar-refractivity contribution >= 4 is 23.8 Å². The molecule has 0 radical (unpaired) electrons. The molecule has 2 unspecified atom stereocenters. The fourth-order valence-corrected chi connectivity index (χ4v) is 4.30. The van der Waals surface area contributed by atoms with Gasteiger partial charge < -0.3 is 26.0 Å². The molecule has 1 fully saturated rings. The predicted molar refractivity (Wildman–Crippen MR) is 148 cm³/mol. The minimum Gasteiger partial charge on any atom is -0.444 e. The van der Waals surface area contributed by atoms with E-state index in [1.807, 2.05) is 62.4 Å². The van der Waals surface area contributed by atoms with Crippen molar-refractivity contribution < 1.29 is 23.9 Å². The Morgan fingerprint density at radius 3 is 2.26 bits per heavy atom. The van der Waals surface area contributed by atoms with Crippen LogP contribution in [0.3, 0.4) is 0 Å². The van der Waals surface area contributed by atoms with Crippen LogP contribution in [-0.4, -0.2) is 46.4 Å². The zero-order chi connectivity index (χ0) is 28.7. The van der Waals surface area contributed by atoms with Gasteiger partial charge in [-0.15, -0.1) is 0 Å². The molecular formula is C30H40N4O5. The molecule has 0 bridgehead atoms. The lowest BCUT2D eigenvalue weighted by Crippen LogP contribution is -2.54. The maximum Gasteiger partial charge on any atom is 0.408 e. The van der Waals surface area contributed by atoms with Gasteiger partial charge in [-0.3, -0.25) is 14.4 Å². The van der Waals surface area contributed by atoms with Crippen LogP contribution in [0.4, 0.5) is 4.79 Å². The number of alkyl carbamates (subject to hydrolysis) is 1. The fourth-order valence-electron chi connectivity index (χ4n) is 4.30. The van der Waals surface area contributed by atoms with Crippen molar-refractivity contribution in [1.29, 1.82) is 0 Å². The summed E-state index contributed by atoms with van der Waals surface area (Å²) in [4.78, 5) is 53.7. The van der Waals surface area contributed by atoms with E-state index >= 15 is 0 Å². The Balaban J connectivity index is 1.96. The molecule has 0 saturated heterocycles. The summed E-state index contributed by atoms with van der Waals surface area (Å²) in [6.45, 7) is 9.40. The summed E-state index contributed by atoms with van der Waals surface area (Å²) in [5.41, 5.74) is 8.26. The van der Waals surface area contributed by atoms with Gasteiger partial charge in [0.25, 0.3) is 0 Å². The highest BCUT2D eigenvalue weighted by Crippen LogP contribution is 2.36. The van der Waals surface area contributed by atoms with Crippen LogP contribution in [0.15, 0.2) is 48.5 Å². The molecule has 4 N–H and O–H groups in total. The first-order valence-corrected chi connectivity index (χ1v) is 13.3. The maximum atomic E-state index is 14.1. The van der Waals surface area contributed by atoms with Gasteiger partial charge in [0.05, 0.1) is 0 Å². The SMILES string of the molecule is Cc1ccc(C(C(=O)NCc2ccccc2)N(C(=O)C(CCC(N)=O)NC(=O)OC(C)(C)C)C2CC2)cc1C. The molecule has 0 spiro atoms. The lowest BCUT2D eigenvalue weighted by molar-refractivity contribution is -0.143. The van der Waals surface area contributed by atoms with Gasteiger partial charge >= 0.3 is 6.09 Å². The fraction of sp³-hybridized carbons (Fsp3) is 0.467. The van der Waals surface area contributed by atoms with Crippen molar-refractivity contribution in [3.05, 3.63) is 70.8 Å². The van der Waals surface area contributed by atoms with Crippen LogP contribution in [0.1, 0.15) is 74.8 Å². The lowest BCUT2D eigenvalue weighted by atomic mass is 9.97. The second-order valence-corrected chi connectivity index (χ2v) is 11.1. The molecule has 2 atom stereocenters. The summed E-state index contributed by atoms with van der Waals surface area (Å²) in [7, 11) is 0. The van der Waals surface area contributed by atoms with Crippen molar-refractivity contribution in [1.82, 2.24) is 15.5 Å². The van der Waals surface area contributed by atoms with Crippen molar-refractivity contribution in [3.63, 3.8) is 0 Å². The van der Waals surface area contributed by atoms with E-state index in [2.05, 4.69) is 10.6 Å². The maximum absolute atomic E-state index is 14.1. The van der Waals surface area contributed by atoms with Crippen LogP contribution >= 0.6 is 0 Å². The molecule has 9 heteroatoms. The zero-order valence-electron chi connectivity index (χ0n) is 23.5. The molecule has 0 aliphatic heterocycles. The number of ether oxygens (including phenoxy) is 1. The summed E-state index contributed by atoms with van der Waals surface area (Å²) in [5.74, 6) is -1.38. The van der Waals surface area contributed by atoms with Gasteiger partial charge in [0.2, 0.25) is 17.7 Å². The van der Waals surface area contributed by atoms with Gasteiger partial charge in [-0.05, 0) is 76.1 Å². The van der Waals surface area contributed by atoms with Crippen LogP contribution < -0.4 is 16.4 Å². The lowest BCUT2D eigenvalue weighted by Gasteiger charge is -2.35. The first-order valence-electron chi connectivity index (χ1n) is 13.3. The van der Waals surface area contributed by atoms with E-state index in [1.54, 1.807) is 25.7 Å². The standard InChI is InChI=1S/C30H40N4O5/c1-19-11-12-22(17-20(19)2)26(27(36)32-18-21-9-7-6-8-10-21)34(23-13-14-23)28(37)24(15-16-25(31)35)33-29(38)39-30(3,4)5/h6-12,17,23-24,26H,13-16,18H2,1-5H3,(H2,31,35)(H,32,36)(H,33,38). The second kappa shape index (κ2) is 12.8. The Morgan fingerprint density at radius 1 is 1.03 bits per heavy atom. The van der Waals surface area contributed by atoms with Crippen molar-refractivity contribution in [2.75, 3.05) is 0 Å². The quantitative estimate of drug-likeness (QED) is 0.402.